The number of esters is 2. The van der Waals surface area contributed by atoms with E-state index in [1.54, 1.807) is 0 Å². The van der Waals surface area contributed by atoms with E-state index >= 15 is 0 Å². The lowest BCUT2D eigenvalue weighted by Crippen LogP contribution is -2.44. The summed E-state index contributed by atoms with van der Waals surface area (Å²) in [6.07, 6.45) is 133. The number of hydrogen-bond donors (Lipinski definition) is 0. The Hall–Kier alpha value is -6.91. The van der Waals surface area contributed by atoms with Gasteiger partial charge in [0, 0.05) is 12.8 Å². The topological polar surface area (TPSA) is 111 Å². The second-order valence-electron chi connectivity index (χ2n) is 28.3. The Morgan fingerprint density at radius 1 is 0.280 bits per heavy atom. The first-order valence-corrected chi connectivity index (χ1v) is 42.2. The van der Waals surface area contributed by atoms with Crippen molar-refractivity contribution >= 4 is 17.9 Å². The summed E-state index contributed by atoms with van der Waals surface area (Å²) in [5, 5.41) is 11.9. The monoisotopic (exact) mass is 1470 g/mol. The lowest BCUT2D eigenvalue weighted by molar-refractivity contribution is -0.870. The average molecular weight is 1470 g/mol. The zero-order valence-corrected chi connectivity index (χ0v) is 68.4. The average Bonchev–Trinajstić information content (AvgIpc) is 0.928. The summed E-state index contributed by atoms with van der Waals surface area (Å²) in [4.78, 5) is 37.7. The third kappa shape index (κ3) is 86.2. The first-order valence-electron chi connectivity index (χ1n) is 42.2. The molecule has 9 nitrogen and oxygen atoms in total. The standard InChI is InChI=1S/C98H153NO8/c1-6-8-10-12-14-16-18-20-22-24-26-28-30-32-34-36-38-40-42-44-46-48-50-52-54-56-58-60-62-64-66-68-70-72-74-76-78-80-82-84-86-88-95(100)105-92-94(93-106-98(97(102)103)104-91-90-99(3,4)5)107-96(101)89-87-85-83-81-79-77-75-73-71-69-67-65-63-61-59-57-55-53-51-49-47-45-43-41-39-37-35-33-31-29-27-25-23-21-19-17-15-13-11-9-7-2/h8-11,14-17,20-23,26-29,32-35,38-41,44-47,50-53,56-59,62-65,94,98H,6-7,12-13,18-19,24-25,30-31,36-37,42-43,48-49,54-55,60-61,66-93H2,1-5H3/b10-8-,11-9-,16-14-,17-15-,22-20-,23-21-,28-26-,29-27-,34-32-,35-33-,40-38-,41-39-,46-44-,47-45-,52-50-,53-51-,58-56-,59-57-,64-62-,65-63-. The molecule has 0 rings (SSSR count). The molecule has 0 bridgehead atoms. The van der Waals surface area contributed by atoms with Crippen LogP contribution in [0, 0.1) is 0 Å². The Labute approximate surface area is 656 Å². The highest BCUT2D eigenvalue weighted by Gasteiger charge is 2.22. The number of rotatable bonds is 75. The number of quaternary nitrogens is 1. The van der Waals surface area contributed by atoms with E-state index in [1.165, 1.54) is 77.0 Å². The number of ether oxygens (including phenoxy) is 4. The number of aliphatic carboxylic acids is 1. The third-order valence-electron chi connectivity index (χ3n) is 17.1. The zero-order chi connectivity index (χ0) is 77.4. The number of carbonyl (C=O) groups is 3. The molecule has 598 valence electrons. The highest BCUT2D eigenvalue weighted by Crippen LogP contribution is 2.16. The first kappa shape index (κ1) is 100. The van der Waals surface area contributed by atoms with Gasteiger partial charge in [0.25, 0.3) is 0 Å². The van der Waals surface area contributed by atoms with E-state index in [9.17, 15) is 19.5 Å². The molecular formula is C98H153NO8. The summed E-state index contributed by atoms with van der Waals surface area (Å²) in [6, 6.07) is 0. The molecule has 0 radical (unpaired) electrons. The lowest BCUT2D eigenvalue weighted by atomic mass is 10.0. The summed E-state index contributed by atoms with van der Waals surface area (Å²) in [6.45, 7) is 4.49. The molecule has 107 heavy (non-hydrogen) atoms. The predicted octanol–water partition coefficient (Wildman–Crippen LogP) is 26.6. The van der Waals surface area contributed by atoms with Gasteiger partial charge in [-0.3, -0.25) is 9.59 Å². The van der Waals surface area contributed by atoms with Crippen molar-refractivity contribution in [3.8, 4) is 0 Å². The number of carboxylic acid groups (broad SMARTS) is 1. The van der Waals surface area contributed by atoms with Gasteiger partial charge in [-0.25, -0.2) is 0 Å². The minimum Gasteiger partial charge on any atom is -0.545 e. The fourth-order valence-corrected chi connectivity index (χ4v) is 10.8. The molecule has 0 amide bonds. The van der Waals surface area contributed by atoms with E-state index in [0.29, 0.717) is 17.4 Å². The van der Waals surface area contributed by atoms with Crippen molar-refractivity contribution in [2.24, 2.45) is 0 Å². The maximum atomic E-state index is 13.0. The Balaban J connectivity index is 4.14. The van der Waals surface area contributed by atoms with Crippen molar-refractivity contribution in [1.82, 2.24) is 0 Å². The van der Waals surface area contributed by atoms with Crippen LogP contribution < -0.4 is 5.11 Å². The van der Waals surface area contributed by atoms with E-state index in [1.807, 2.05) is 21.1 Å². The van der Waals surface area contributed by atoms with Crippen LogP contribution in [0.5, 0.6) is 0 Å². The third-order valence-corrected chi connectivity index (χ3v) is 17.1. The van der Waals surface area contributed by atoms with Crippen molar-refractivity contribution in [1.29, 1.82) is 0 Å². The van der Waals surface area contributed by atoms with E-state index in [-0.39, 0.29) is 38.6 Å². The van der Waals surface area contributed by atoms with Crippen LogP contribution in [0.2, 0.25) is 0 Å². The van der Waals surface area contributed by atoms with Gasteiger partial charge in [-0.05, 0) is 167 Å². The summed E-state index contributed by atoms with van der Waals surface area (Å²) >= 11 is 0. The van der Waals surface area contributed by atoms with Gasteiger partial charge in [0.15, 0.2) is 12.4 Å². The molecule has 0 fully saturated rings. The van der Waals surface area contributed by atoms with Crippen molar-refractivity contribution in [2.75, 3.05) is 47.5 Å². The van der Waals surface area contributed by atoms with Gasteiger partial charge in [-0.2, -0.15) is 0 Å². The largest absolute Gasteiger partial charge is 0.545 e. The lowest BCUT2D eigenvalue weighted by Gasteiger charge is -2.26. The molecule has 0 aromatic carbocycles. The number of carboxylic acids is 1. The quantitative estimate of drug-likeness (QED) is 0.0195. The van der Waals surface area contributed by atoms with Gasteiger partial charge in [-0.15, -0.1) is 0 Å². The molecule has 2 atom stereocenters. The van der Waals surface area contributed by atoms with Crippen LogP contribution in [0.3, 0.4) is 0 Å². The molecule has 0 aliphatic carbocycles. The zero-order valence-electron chi connectivity index (χ0n) is 68.4. The summed E-state index contributed by atoms with van der Waals surface area (Å²) < 4.78 is 22.9. The SMILES string of the molecule is CC/C=C\C/C=C\C/C=C\C/C=C\C/C=C\C/C=C\C/C=C\C/C=C\C/C=C\C/C=C\CCCCCCCCCCCCC(=O)OCC(COC(OCC[N+](C)(C)C)C(=O)[O-])OC(=O)CCCCCCCCCCCC/C=C\C/C=C\C/C=C\C/C=C\C/C=C\C/C=C\C/C=C\C/C=C\C/C=C\C/C=C\CC. The number of hydrogen-bond acceptors (Lipinski definition) is 8. The van der Waals surface area contributed by atoms with Gasteiger partial charge in [0.2, 0.25) is 0 Å². The summed E-state index contributed by atoms with van der Waals surface area (Å²) in [5.74, 6) is -2.31. The summed E-state index contributed by atoms with van der Waals surface area (Å²) in [7, 11) is 5.92. The number of likely N-dealkylation sites (N-methyl/N-ethyl adjacent to an activating group) is 1. The van der Waals surface area contributed by atoms with Gasteiger partial charge in [0.05, 0.1) is 40.3 Å². The highest BCUT2D eigenvalue weighted by atomic mass is 16.7. The Bertz CT molecular complexity index is 2680. The van der Waals surface area contributed by atoms with Crippen LogP contribution in [0.1, 0.15) is 296 Å². The number of carbonyl (C=O) groups excluding carboxylic acids is 3. The maximum Gasteiger partial charge on any atom is 0.306 e. The molecule has 0 N–H and O–H groups in total. The van der Waals surface area contributed by atoms with Crippen LogP contribution in [0.4, 0.5) is 0 Å². The molecule has 0 aliphatic heterocycles. The fraction of sp³-hybridized carbons (Fsp3) is 0.561. The van der Waals surface area contributed by atoms with Crippen LogP contribution in [-0.2, 0) is 33.3 Å². The number of allylic oxidation sites excluding steroid dienone is 40. The van der Waals surface area contributed by atoms with E-state index in [4.69, 9.17) is 18.9 Å². The molecule has 9 heteroatoms. The predicted molar refractivity (Wildman–Crippen MR) is 462 cm³/mol. The number of nitrogens with zero attached hydrogens (tertiary/aromatic N) is 1. The van der Waals surface area contributed by atoms with E-state index in [2.05, 4.69) is 257 Å². The van der Waals surface area contributed by atoms with Gasteiger partial charge >= 0.3 is 11.9 Å². The normalized spacial score (nSPS) is 13.9. The van der Waals surface area contributed by atoms with Gasteiger partial charge in [-0.1, -0.05) is 360 Å². The van der Waals surface area contributed by atoms with E-state index in [0.717, 1.165) is 186 Å². The van der Waals surface area contributed by atoms with Crippen molar-refractivity contribution < 1.29 is 42.9 Å². The Morgan fingerprint density at radius 2 is 0.505 bits per heavy atom. The van der Waals surface area contributed by atoms with Crippen molar-refractivity contribution in [3.63, 3.8) is 0 Å². The molecule has 0 saturated carbocycles. The van der Waals surface area contributed by atoms with E-state index < -0.39 is 24.3 Å². The molecule has 0 spiro atoms. The molecule has 0 aromatic rings. The summed E-state index contributed by atoms with van der Waals surface area (Å²) in [5.41, 5.74) is 0. The second kappa shape index (κ2) is 84.7. The Kier molecular flexibility index (Phi) is 79.2. The molecule has 0 heterocycles. The van der Waals surface area contributed by atoms with Crippen LogP contribution in [0.25, 0.3) is 0 Å². The highest BCUT2D eigenvalue weighted by molar-refractivity contribution is 5.70. The van der Waals surface area contributed by atoms with Gasteiger partial charge in [0.1, 0.15) is 13.2 Å². The van der Waals surface area contributed by atoms with Crippen LogP contribution in [-0.4, -0.2) is 82.3 Å². The van der Waals surface area contributed by atoms with Crippen molar-refractivity contribution in [3.05, 3.63) is 243 Å². The first-order chi connectivity index (χ1) is 52.6. The van der Waals surface area contributed by atoms with Gasteiger partial charge < -0.3 is 33.3 Å². The molecule has 0 aromatic heterocycles. The fourth-order valence-electron chi connectivity index (χ4n) is 10.8. The smallest absolute Gasteiger partial charge is 0.306 e. The molecule has 0 saturated heterocycles. The van der Waals surface area contributed by atoms with Crippen molar-refractivity contribution in [2.45, 2.75) is 309 Å². The minimum atomic E-state index is -1.64. The maximum absolute atomic E-state index is 13.0. The van der Waals surface area contributed by atoms with Crippen LogP contribution in [0.15, 0.2) is 243 Å². The molecular weight excluding hydrogens is 1320 g/mol. The minimum absolute atomic E-state index is 0.135. The second-order valence-corrected chi connectivity index (χ2v) is 28.3. The molecule has 0 aliphatic rings. The Morgan fingerprint density at radius 3 is 0.748 bits per heavy atom. The number of unbranched alkanes of at least 4 members (excludes halogenated alkanes) is 20. The molecule has 2 unspecified atom stereocenters. The van der Waals surface area contributed by atoms with Crippen LogP contribution >= 0.6 is 0 Å².